The molecule has 0 aliphatic carbocycles. The van der Waals surface area contributed by atoms with Gasteiger partial charge in [0.25, 0.3) is 0 Å². The Bertz CT molecular complexity index is 530. The quantitative estimate of drug-likeness (QED) is 0.906. The van der Waals surface area contributed by atoms with Crippen LogP contribution in [0.3, 0.4) is 0 Å². The van der Waals surface area contributed by atoms with Gasteiger partial charge in [-0.25, -0.2) is 13.1 Å². The van der Waals surface area contributed by atoms with Crippen LogP contribution < -0.4 is 4.72 Å². The van der Waals surface area contributed by atoms with E-state index in [2.05, 4.69) is 4.72 Å². The monoisotopic (exact) mass is 317 g/mol. The van der Waals surface area contributed by atoms with Crippen molar-refractivity contribution in [3.63, 3.8) is 0 Å². The summed E-state index contributed by atoms with van der Waals surface area (Å²) in [6, 6.07) is 7.53. The second-order valence-electron chi connectivity index (χ2n) is 5.04. The maximum Gasteiger partial charge on any atom is 0.214 e. The lowest BCUT2D eigenvalue weighted by Crippen LogP contribution is -2.44. The molecule has 4 nitrogen and oxygen atoms in total. The SMILES string of the molecule is CCNS(=O)(=O)[C@H]1CCOC[C@@H]1Cc1ccc(Cl)cc1. The Kier molecular flexibility index (Phi) is 5.43. The molecule has 1 aliphatic rings. The highest BCUT2D eigenvalue weighted by Crippen LogP contribution is 2.25. The number of rotatable bonds is 5. The van der Waals surface area contributed by atoms with Gasteiger partial charge >= 0.3 is 0 Å². The third-order valence-corrected chi connectivity index (χ3v) is 5.92. The van der Waals surface area contributed by atoms with Gasteiger partial charge in [0.15, 0.2) is 0 Å². The zero-order valence-corrected chi connectivity index (χ0v) is 13.1. The van der Waals surface area contributed by atoms with E-state index in [4.69, 9.17) is 16.3 Å². The van der Waals surface area contributed by atoms with Crippen molar-refractivity contribution in [2.75, 3.05) is 19.8 Å². The zero-order valence-electron chi connectivity index (χ0n) is 11.5. The minimum absolute atomic E-state index is 0.0195. The maximum absolute atomic E-state index is 12.3. The topological polar surface area (TPSA) is 55.4 Å². The fraction of sp³-hybridized carbons (Fsp3) is 0.571. The van der Waals surface area contributed by atoms with Crippen molar-refractivity contribution in [1.82, 2.24) is 4.72 Å². The number of benzene rings is 1. The van der Waals surface area contributed by atoms with Gasteiger partial charge in [-0.05, 0) is 30.5 Å². The number of nitrogens with one attached hydrogen (secondary N) is 1. The molecule has 0 radical (unpaired) electrons. The fourth-order valence-electron chi connectivity index (χ4n) is 2.61. The van der Waals surface area contributed by atoms with E-state index in [9.17, 15) is 8.42 Å². The molecule has 112 valence electrons. The van der Waals surface area contributed by atoms with Crippen LogP contribution in [0.5, 0.6) is 0 Å². The second-order valence-corrected chi connectivity index (χ2v) is 7.46. The molecule has 20 heavy (non-hydrogen) atoms. The highest BCUT2D eigenvalue weighted by Gasteiger charge is 2.35. The lowest BCUT2D eigenvalue weighted by Gasteiger charge is -2.31. The molecule has 1 fully saturated rings. The minimum Gasteiger partial charge on any atom is -0.381 e. The van der Waals surface area contributed by atoms with Crippen LogP contribution in [0.25, 0.3) is 0 Å². The standard InChI is InChI=1S/C14H20ClNO3S/c1-2-16-20(17,18)14-7-8-19-10-12(14)9-11-3-5-13(15)6-4-11/h3-6,12,14,16H,2,7-10H2,1H3/t12-,14-/m0/s1. The smallest absolute Gasteiger partial charge is 0.214 e. The van der Waals surface area contributed by atoms with Gasteiger partial charge in [0.2, 0.25) is 10.0 Å². The molecule has 1 N–H and O–H groups in total. The molecule has 0 saturated carbocycles. The molecular formula is C14H20ClNO3S. The average molecular weight is 318 g/mol. The molecule has 1 aromatic rings. The van der Waals surface area contributed by atoms with E-state index in [1.807, 2.05) is 24.3 Å². The van der Waals surface area contributed by atoms with Crippen LogP contribution in [0.1, 0.15) is 18.9 Å². The fourth-order valence-corrected chi connectivity index (χ4v) is 4.44. The van der Waals surface area contributed by atoms with Crippen molar-refractivity contribution in [2.24, 2.45) is 5.92 Å². The van der Waals surface area contributed by atoms with Crippen molar-refractivity contribution < 1.29 is 13.2 Å². The third-order valence-electron chi connectivity index (χ3n) is 3.56. The Hall–Kier alpha value is -0.620. The predicted molar refractivity (Wildman–Crippen MR) is 80.5 cm³/mol. The van der Waals surface area contributed by atoms with E-state index in [0.29, 0.717) is 37.6 Å². The van der Waals surface area contributed by atoms with Crippen LogP contribution in [0.4, 0.5) is 0 Å². The Morgan fingerprint density at radius 1 is 1.35 bits per heavy atom. The van der Waals surface area contributed by atoms with Gasteiger partial charge in [-0.1, -0.05) is 30.7 Å². The summed E-state index contributed by atoms with van der Waals surface area (Å²) >= 11 is 5.87. The Balaban J connectivity index is 2.13. The van der Waals surface area contributed by atoms with Crippen LogP contribution in [0, 0.1) is 5.92 Å². The van der Waals surface area contributed by atoms with Crippen LogP contribution in [-0.4, -0.2) is 33.4 Å². The van der Waals surface area contributed by atoms with Crippen LogP contribution >= 0.6 is 11.6 Å². The number of sulfonamides is 1. The summed E-state index contributed by atoms with van der Waals surface area (Å²) in [5.74, 6) is -0.0195. The lowest BCUT2D eigenvalue weighted by molar-refractivity contribution is 0.0570. The minimum atomic E-state index is -3.27. The summed E-state index contributed by atoms with van der Waals surface area (Å²) in [5.41, 5.74) is 1.08. The molecule has 0 spiro atoms. The molecule has 6 heteroatoms. The molecule has 1 heterocycles. The predicted octanol–water partition coefficient (Wildman–Crippen LogP) is 2.23. The molecule has 1 aromatic carbocycles. The first-order chi connectivity index (χ1) is 9.53. The Labute approximate surface area is 125 Å². The average Bonchev–Trinajstić information content (AvgIpc) is 2.42. The highest BCUT2D eigenvalue weighted by molar-refractivity contribution is 7.90. The van der Waals surface area contributed by atoms with Crippen molar-refractivity contribution in [1.29, 1.82) is 0 Å². The molecule has 1 aliphatic heterocycles. The van der Waals surface area contributed by atoms with Gasteiger partial charge in [-0.2, -0.15) is 0 Å². The number of ether oxygens (including phenoxy) is 1. The number of hydrogen-bond donors (Lipinski definition) is 1. The van der Waals surface area contributed by atoms with Crippen LogP contribution in [0.15, 0.2) is 24.3 Å². The van der Waals surface area contributed by atoms with Gasteiger partial charge < -0.3 is 4.74 Å². The summed E-state index contributed by atoms with van der Waals surface area (Å²) in [6.45, 7) is 3.21. The van der Waals surface area contributed by atoms with E-state index in [1.54, 1.807) is 6.92 Å². The van der Waals surface area contributed by atoms with Crippen LogP contribution in [0.2, 0.25) is 5.02 Å². The van der Waals surface area contributed by atoms with Crippen molar-refractivity contribution >= 4 is 21.6 Å². The van der Waals surface area contributed by atoms with Gasteiger partial charge in [-0.3, -0.25) is 0 Å². The van der Waals surface area contributed by atoms with E-state index in [1.165, 1.54) is 0 Å². The second kappa shape index (κ2) is 6.89. The van der Waals surface area contributed by atoms with Gasteiger partial charge in [0, 0.05) is 24.1 Å². The molecular weight excluding hydrogens is 298 g/mol. The first-order valence-electron chi connectivity index (χ1n) is 6.83. The third kappa shape index (κ3) is 3.95. The van der Waals surface area contributed by atoms with Crippen molar-refractivity contribution in [2.45, 2.75) is 25.0 Å². The summed E-state index contributed by atoms with van der Waals surface area (Å²) in [6.07, 6.45) is 1.24. The first-order valence-corrected chi connectivity index (χ1v) is 8.76. The first kappa shape index (κ1) is 15.8. The summed E-state index contributed by atoms with van der Waals surface area (Å²) in [4.78, 5) is 0. The molecule has 0 unspecified atom stereocenters. The number of halogens is 1. The summed E-state index contributed by atoms with van der Waals surface area (Å²) < 4.78 is 32.6. The zero-order chi connectivity index (χ0) is 14.6. The molecule has 2 atom stereocenters. The number of hydrogen-bond acceptors (Lipinski definition) is 3. The molecule has 2 rings (SSSR count). The van der Waals surface area contributed by atoms with Crippen LogP contribution in [-0.2, 0) is 21.2 Å². The Morgan fingerprint density at radius 3 is 2.70 bits per heavy atom. The van der Waals surface area contributed by atoms with E-state index < -0.39 is 10.0 Å². The van der Waals surface area contributed by atoms with Crippen molar-refractivity contribution in [3.8, 4) is 0 Å². The van der Waals surface area contributed by atoms with E-state index in [-0.39, 0.29) is 11.2 Å². The van der Waals surface area contributed by atoms with Gasteiger partial charge in [0.1, 0.15) is 0 Å². The molecule has 0 amide bonds. The van der Waals surface area contributed by atoms with E-state index >= 15 is 0 Å². The summed E-state index contributed by atoms with van der Waals surface area (Å²) in [7, 11) is -3.27. The van der Waals surface area contributed by atoms with Crippen molar-refractivity contribution in [3.05, 3.63) is 34.9 Å². The lowest BCUT2D eigenvalue weighted by atomic mass is 9.94. The van der Waals surface area contributed by atoms with Gasteiger partial charge in [0.05, 0.1) is 11.9 Å². The normalized spacial score (nSPS) is 23.7. The molecule has 0 bridgehead atoms. The summed E-state index contributed by atoms with van der Waals surface area (Å²) in [5, 5.41) is 0.303. The molecule has 1 saturated heterocycles. The Morgan fingerprint density at radius 2 is 2.05 bits per heavy atom. The highest BCUT2D eigenvalue weighted by atomic mass is 35.5. The van der Waals surface area contributed by atoms with E-state index in [0.717, 1.165) is 5.56 Å². The maximum atomic E-state index is 12.3. The molecule has 0 aromatic heterocycles. The largest absolute Gasteiger partial charge is 0.381 e. The van der Waals surface area contributed by atoms with Gasteiger partial charge in [-0.15, -0.1) is 0 Å².